The highest BCUT2D eigenvalue weighted by Crippen LogP contribution is 2.33. The van der Waals surface area contributed by atoms with E-state index in [-0.39, 0.29) is 0 Å². The highest BCUT2D eigenvalue weighted by atomic mass is 16.3. The first-order valence-electron chi connectivity index (χ1n) is 9.36. The van der Waals surface area contributed by atoms with Crippen LogP contribution in [0.4, 0.5) is 0 Å². The lowest BCUT2D eigenvalue weighted by molar-refractivity contribution is -0.131. The van der Waals surface area contributed by atoms with Gasteiger partial charge in [0.1, 0.15) is 5.72 Å². The van der Waals surface area contributed by atoms with Crippen LogP contribution in [-0.4, -0.2) is 23.1 Å². The molecule has 1 saturated heterocycles. The van der Waals surface area contributed by atoms with E-state index in [1.165, 1.54) is 24.8 Å². The third kappa shape index (κ3) is 4.25. The molecule has 1 N–H and O–H groups in total. The van der Waals surface area contributed by atoms with Gasteiger partial charge in [0, 0.05) is 13.1 Å². The molecule has 1 aliphatic rings. The summed E-state index contributed by atoms with van der Waals surface area (Å²) in [5, 5.41) is 11.5. The topological polar surface area (TPSA) is 23.5 Å². The molecule has 1 unspecified atom stereocenters. The van der Waals surface area contributed by atoms with Gasteiger partial charge in [0.05, 0.1) is 0 Å². The van der Waals surface area contributed by atoms with Crippen molar-refractivity contribution in [2.24, 2.45) is 0 Å². The summed E-state index contributed by atoms with van der Waals surface area (Å²) in [6.45, 7) is 2.01. The molecule has 0 amide bonds. The number of hydrogen-bond acceptors (Lipinski definition) is 2. The molecule has 2 aromatic rings. The van der Waals surface area contributed by atoms with Crippen molar-refractivity contribution in [3.8, 4) is 0 Å². The molecule has 0 bridgehead atoms. The Hall–Kier alpha value is -1.64. The summed E-state index contributed by atoms with van der Waals surface area (Å²) in [5.41, 5.74) is 1.63. The zero-order valence-corrected chi connectivity index (χ0v) is 14.5. The van der Waals surface area contributed by atoms with Crippen molar-refractivity contribution in [3.63, 3.8) is 0 Å². The van der Waals surface area contributed by atoms with E-state index in [0.29, 0.717) is 0 Å². The van der Waals surface area contributed by atoms with Crippen molar-refractivity contribution < 1.29 is 5.11 Å². The Morgan fingerprint density at radius 2 is 1.42 bits per heavy atom. The molecule has 0 spiro atoms. The van der Waals surface area contributed by atoms with Crippen molar-refractivity contribution >= 4 is 0 Å². The standard InChI is InChI=1S/C22H29NO/c24-22(21-15-6-2-7-16-21,23-18-10-3-11-19-23)17-9-8-14-20-12-4-1-5-13-20/h1-2,4-7,12-13,15-16,24H,3,8-11,14,17-19H2. The van der Waals surface area contributed by atoms with Gasteiger partial charge < -0.3 is 5.11 Å². The van der Waals surface area contributed by atoms with Gasteiger partial charge in [-0.2, -0.15) is 0 Å². The summed E-state index contributed by atoms with van der Waals surface area (Å²) in [4.78, 5) is 2.30. The lowest BCUT2D eigenvalue weighted by Gasteiger charge is -2.42. The maximum atomic E-state index is 11.5. The number of aryl methyl sites for hydroxylation is 1. The van der Waals surface area contributed by atoms with Crippen LogP contribution in [0.3, 0.4) is 0 Å². The largest absolute Gasteiger partial charge is 0.371 e. The summed E-state index contributed by atoms with van der Waals surface area (Å²) in [7, 11) is 0. The van der Waals surface area contributed by atoms with Crippen LogP contribution < -0.4 is 0 Å². The molecule has 1 fully saturated rings. The van der Waals surface area contributed by atoms with Crippen LogP contribution in [0.2, 0.25) is 0 Å². The molecule has 128 valence electrons. The van der Waals surface area contributed by atoms with Gasteiger partial charge in [-0.3, -0.25) is 4.90 Å². The minimum absolute atomic E-state index is 0.807. The fourth-order valence-electron chi connectivity index (χ4n) is 3.80. The normalized spacial score (nSPS) is 18.2. The smallest absolute Gasteiger partial charge is 0.144 e. The number of piperidine rings is 1. The fourth-order valence-corrected chi connectivity index (χ4v) is 3.80. The predicted molar refractivity (Wildman–Crippen MR) is 99.8 cm³/mol. The van der Waals surface area contributed by atoms with Gasteiger partial charge in [0.15, 0.2) is 0 Å². The summed E-state index contributed by atoms with van der Waals surface area (Å²) >= 11 is 0. The number of likely N-dealkylation sites (tertiary alicyclic amines) is 1. The SMILES string of the molecule is OC(CCCCc1ccccc1)(c1ccccc1)N1CCCCC1. The van der Waals surface area contributed by atoms with E-state index in [1.54, 1.807) is 0 Å². The van der Waals surface area contributed by atoms with Crippen LogP contribution in [0, 0.1) is 0 Å². The fraction of sp³-hybridized carbons (Fsp3) is 0.455. The third-order valence-electron chi connectivity index (χ3n) is 5.20. The van der Waals surface area contributed by atoms with E-state index in [4.69, 9.17) is 0 Å². The Kier molecular flexibility index (Phi) is 6.06. The van der Waals surface area contributed by atoms with Gasteiger partial charge in [-0.05, 0) is 49.7 Å². The second kappa shape index (κ2) is 8.46. The Morgan fingerprint density at radius 1 is 0.792 bits per heavy atom. The quantitative estimate of drug-likeness (QED) is 0.745. The number of hydrogen-bond donors (Lipinski definition) is 1. The van der Waals surface area contributed by atoms with Gasteiger partial charge in [-0.1, -0.05) is 67.1 Å². The van der Waals surface area contributed by atoms with E-state index in [0.717, 1.165) is 44.3 Å². The zero-order chi connectivity index (χ0) is 16.7. The van der Waals surface area contributed by atoms with Crippen LogP contribution in [0.15, 0.2) is 60.7 Å². The van der Waals surface area contributed by atoms with Crippen molar-refractivity contribution in [2.75, 3.05) is 13.1 Å². The molecular weight excluding hydrogens is 294 g/mol. The Bertz CT molecular complexity index is 592. The van der Waals surface area contributed by atoms with Crippen molar-refractivity contribution in [2.45, 2.75) is 50.7 Å². The van der Waals surface area contributed by atoms with Gasteiger partial charge in [-0.15, -0.1) is 0 Å². The van der Waals surface area contributed by atoms with Gasteiger partial charge >= 0.3 is 0 Å². The van der Waals surface area contributed by atoms with Crippen LogP contribution in [0.1, 0.15) is 49.7 Å². The molecule has 0 aromatic heterocycles. The number of unbranched alkanes of at least 4 members (excludes halogenated alkanes) is 1. The highest BCUT2D eigenvalue weighted by Gasteiger charge is 2.36. The lowest BCUT2D eigenvalue weighted by Crippen LogP contribution is -2.48. The highest BCUT2D eigenvalue weighted by molar-refractivity contribution is 5.22. The summed E-state index contributed by atoms with van der Waals surface area (Å²) in [5.74, 6) is 0. The van der Waals surface area contributed by atoms with Gasteiger partial charge in [-0.25, -0.2) is 0 Å². The molecule has 2 aromatic carbocycles. The van der Waals surface area contributed by atoms with E-state index in [9.17, 15) is 5.11 Å². The van der Waals surface area contributed by atoms with Crippen LogP contribution in [0.5, 0.6) is 0 Å². The van der Waals surface area contributed by atoms with E-state index >= 15 is 0 Å². The lowest BCUT2D eigenvalue weighted by atomic mass is 9.92. The molecule has 24 heavy (non-hydrogen) atoms. The van der Waals surface area contributed by atoms with E-state index in [2.05, 4.69) is 47.4 Å². The Morgan fingerprint density at radius 3 is 2.08 bits per heavy atom. The molecule has 2 nitrogen and oxygen atoms in total. The number of benzene rings is 2. The molecule has 1 aliphatic heterocycles. The van der Waals surface area contributed by atoms with Gasteiger partial charge in [0.2, 0.25) is 0 Å². The first-order chi connectivity index (χ1) is 11.8. The van der Waals surface area contributed by atoms with Crippen molar-refractivity contribution in [1.29, 1.82) is 0 Å². The molecule has 0 radical (unpaired) electrons. The van der Waals surface area contributed by atoms with Gasteiger partial charge in [0.25, 0.3) is 0 Å². The number of aliphatic hydroxyl groups is 1. The second-order valence-electron chi connectivity index (χ2n) is 6.92. The minimum Gasteiger partial charge on any atom is -0.371 e. The first-order valence-corrected chi connectivity index (χ1v) is 9.36. The summed E-state index contributed by atoms with van der Waals surface area (Å²) in [6.07, 6.45) is 7.73. The third-order valence-corrected chi connectivity index (χ3v) is 5.20. The van der Waals surface area contributed by atoms with Crippen molar-refractivity contribution in [1.82, 2.24) is 4.90 Å². The van der Waals surface area contributed by atoms with Crippen molar-refractivity contribution in [3.05, 3.63) is 71.8 Å². The minimum atomic E-state index is -0.807. The monoisotopic (exact) mass is 323 g/mol. The number of rotatable bonds is 7. The summed E-state index contributed by atoms with van der Waals surface area (Å²) in [6, 6.07) is 20.9. The summed E-state index contributed by atoms with van der Waals surface area (Å²) < 4.78 is 0. The molecule has 0 aliphatic carbocycles. The first kappa shape index (κ1) is 17.2. The number of nitrogens with zero attached hydrogens (tertiary/aromatic N) is 1. The van der Waals surface area contributed by atoms with E-state index < -0.39 is 5.72 Å². The second-order valence-corrected chi connectivity index (χ2v) is 6.92. The predicted octanol–water partition coefficient (Wildman–Crippen LogP) is 4.73. The van der Waals surface area contributed by atoms with E-state index in [1.807, 2.05) is 18.2 Å². The Labute approximate surface area is 146 Å². The van der Waals surface area contributed by atoms with Crippen LogP contribution >= 0.6 is 0 Å². The maximum Gasteiger partial charge on any atom is 0.144 e. The molecule has 1 heterocycles. The van der Waals surface area contributed by atoms with Crippen LogP contribution in [0.25, 0.3) is 0 Å². The zero-order valence-electron chi connectivity index (χ0n) is 14.5. The Balaban J connectivity index is 1.64. The molecule has 3 rings (SSSR count). The molecule has 1 atom stereocenters. The average molecular weight is 323 g/mol. The molecule has 2 heteroatoms. The maximum absolute atomic E-state index is 11.5. The van der Waals surface area contributed by atoms with Crippen LogP contribution in [-0.2, 0) is 12.1 Å². The molecule has 0 saturated carbocycles. The average Bonchev–Trinajstić information content (AvgIpc) is 2.67. The molecular formula is C22H29NO.